The number of halogens is 2. The van der Waals surface area contributed by atoms with Crippen molar-refractivity contribution in [2.24, 2.45) is 0 Å². The molecular formula is C16H10ClFO4. The van der Waals surface area contributed by atoms with Crippen molar-refractivity contribution in [2.75, 3.05) is 0 Å². The van der Waals surface area contributed by atoms with Crippen LogP contribution in [0.5, 0.6) is 11.5 Å². The number of hydrogen-bond donors (Lipinski definition) is 0. The molecule has 0 fully saturated rings. The Morgan fingerprint density at radius 1 is 0.955 bits per heavy atom. The van der Waals surface area contributed by atoms with Crippen molar-refractivity contribution in [1.82, 2.24) is 0 Å². The van der Waals surface area contributed by atoms with Gasteiger partial charge in [0.2, 0.25) is 0 Å². The van der Waals surface area contributed by atoms with Crippen molar-refractivity contribution in [1.29, 1.82) is 0 Å². The van der Waals surface area contributed by atoms with Crippen LogP contribution in [-0.4, -0.2) is 11.9 Å². The predicted molar refractivity (Wildman–Crippen MR) is 78.3 cm³/mol. The largest absolute Gasteiger partial charge is 0.423 e. The van der Waals surface area contributed by atoms with Gasteiger partial charge in [-0.1, -0.05) is 29.8 Å². The van der Waals surface area contributed by atoms with Crippen molar-refractivity contribution in [3.8, 4) is 11.5 Å². The van der Waals surface area contributed by atoms with E-state index in [9.17, 15) is 14.0 Å². The minimum atomic E-state index is -0.895. The highest BCUT2D eigenvalue weighted by molar-refractivity contribution is 6.30. The molecule has 0 aliphatic carbocycles. The number of carbonyl (C=O) groups excluding carboxylic acids is 2. The molecule has 0 heterocycles. The predicted octanol–water partition coefficient (Wildman–Crippen LogP) is 3.55. The molecule has 6 heteroatoms. The number of hydrogen-bond acceptors (Lipinski definition) is 4. The zero-order valence-corrected chi connectivity index (χ0v) is 11.9. The first-order chi connectivity index (χ1) is 10.5. The number of rotatable bonds is 4. The van der Waals surface area contributed by atoms with Gasteiger partial charge in [0.25, 0.3) is 0 Å². The first-order valence-corrected chi connectivity index (χ1v) is 6.54. The van der Waals surface area contributed by atoms with E-state index >= 15 is 0 Å². The van der Waals surface area contributed by atoms with Crippen LogP contribution in [0.2, 0.25) is 5.02 Å². The highest BCUT2D eigenvalue weighted by Crippen LogP contribution is 2.17. The van der Waals surface area contributed by atoms with E-state index in [1.54, 1.807) is 12.1 Å². The second-order valence-electron chi connectivity index (χ2n) is 4.06. The van der Waals surface area contributed by atoms with Gasteiger partial charge >= 0.3 is 11.9 Å². The van der Waals surface area contributed by atoms with E-state index in [0.29, 0.717) is 5.02 Å². The zero-order chi connectivity index (χ0) is 15.9. The lowest BCUT2D eigenvalue weighted by Crippen LogP contribution is -2.08. The van der Waals surface area contributed by atoms with Crippen LogP contribution in [0.25, 0.3) is 0 Å². The number of ether oxygens (including phenoxy) is 2. The molecule has 0 amide bonds. The zero-order valence-electron chi connectivity index (χ0n) is 11.2. The molecule has 2 aromatic rings. The molecule has 112 valence electrons. The maximum absolute atomic E-state index is 13.3. The Hall–Kier alpha value is -2.66. The number of benzene rings is 2. The molecular weight excluding hydrogens is 311 g/mol. The van der Waals surface area contributed by atoms with Gasteiger partial charge in [0.15, 0.2) is 11.6 Å². The molecule has 22 heavy (non-hydrogen) atoms. The van der Waals surface area contributed by atoms with Crippen molar-refractivity contribution in [3.05, 3.63) is 71.5 Å². The third kappa shape index (κ3) is 4.71. The molecule has 0 saturated heterocycles. The van der Waals surface area contributed by atoms with Crippen LogP contribution in [0, 0.1) is 5.82 Å². The molecule has 0 unspecified atom stereocenters. The highest BCUT2D eigenvalue weighted by Gasteiger charge is 2.07. The Morgan fingerprint density at radius 2 is 1.64 bits per heavy atom. The molecule has 0 N–H and O–H groups in total. The van der Waals surface area contributed by atoms with E-state index in [2.05, 4.69) is 0 Å². The number of para-hydroxylation sites is 1. The average molecular weight is 321 g/mol. The van der Waals surface area contributed by atoms with E-state index in [1.165, 1.54) is 30.3 Å². The quantitative estimate of drug-likeness (QED) is 0.491. The van der Waals surface area contributed by atoms with Gasteiger partial charge in [0.05, 0.1) is 0 Å². The van der Waals surface area contributed by atoms with Gasteiger partial charge < -0.3 is 9.47 Å². The summed E-state index contributed by atoms with van der Waals surface area (Å²) in [6.45, 7) is 0. The van der Waals surface area contributed by atoms with E-state index < -0.39 is 17.8 Å². The number of carbonyl (C=O) groups is 2. The standard InChI is InChI=1S/C16H10ClFO4/c17-11-4-3-5-12(10-11)21-15(19)8-9-16(20)22-14-7-2-1-6-13(14)18/h1-10H/b9-8+. The molecule has 0 bridgehead atoms. The highest BCUT2D eigenvalue weighted by atomic mass is 35.5. The van der Waals surface area contributed by atoms with Crippen LogP contribution in [-0.2, 0) is 9.59 Å². The Morgan fingerprint density at radius 3 is 2.32 bits per heavy atom. The van der Waals surface area contributed by atoms with Gasteiger partial charge in [0, 0.05) is 17.2 Å². The van der Waals surface area contributed by atoms with E-state index in [4.69, 9.17) is 21.1 Å². The van der Waals surface area contributed by atoms with Crippen LogP contribution in [0.4, 0.5) is 4.39 Å². The summed E-state index contributed by atoms with van der Waals surface area (Å²) in [5, 5.41) is 0.410. The molecule has 0 saturated carbocycles. The summed E-state index contributed by atoms with van der Waals surface area (Å²) in [4.78, 5) is 23.0. The lowest BCUT2D eigenvalue weighted by atomic mass is 10.3. The maximum atomic E-state index is 13.3. The molecule has 0 spiro atoms. The molecule has 0 aliphatic rings. The molecule has 0 aliphatic heterocycles. The third-order valence-electron chi connectivity index (χ3n) is 2.42. The summed E-state index contributed by atoms with van der Waals surface area (Å²) in [6.07, 6.45) is 1.73. The minimum absolute atomic E-state index is 0.222. The Bertz CT molecular complexity index is 728. The molecule has 0 aromatic heterocycles. The topological polar surface area (TPSA) is 52.6 Å². The fourth-order valence-electron chi connectivity index (χ4n) is 1.49. The van der Waals surface area contributed by atoms with E-state index in [1.807, 2.05) is 0 Å². The second-order valence-corrected chi connectivity index (χ2v) is 4.50. The van der Waals surface area contributed by atoms with Crippen molar-refractivity contribution < 1.29 is 23.5 Å². The van der Waals surface area contributed by atoms with Crippen molar-refractivity contribution in [3.63, 3.8) is 0 Å². The van der Waals surface area contributed by atoms with Gasteiger partial charge in [-0.3, -0.25) is 0 Å². The molecule has 2 aromatic carbocycles. The molecule has 4 nitrogen and oxygen atoms in total. The average Bonchev–Trinajstić information content (AvgIpc) is 2.48. The van der Waals surface area contributed by atoms with Gasteiger partial charge in [0.1, 0.15) is 5.75 Å². The molecule has 0 radical (unpaired) electrons. The SMILES string of the molecule is O=C(/C=C/C(=O)Oc1ccccc1F)Oc1cccc(Cl)c1. The summed E-state index contributed by atoms with van der Waals surface area (Å²) >= 11 is 5.74. The molecule has 0 atom stereocenters. The van der Waals surface area contributed by atoms with Crippen LogP contribution in [0.1, 0.15) is 0 Å². The second kappa shape index (κ2) is 7.38. The summed E-state index contributed by atoms with van der Waals surface area (Å²) < 4.78 is 22.9. The van der Waals surface area contributed by atoms with Gasteiger partial charge in [-0.2, -0.15) is 0 Å². The van der Waals surface area contributed by atoms with Gasteiger partial charge in [-0.05, 0) is 30.3 Å². The van der Waals surface area contributed by atoms with Gasteiger partial charge in [-0.15, -0.1) is 0 Å². The van der Waals surface area contributed by atoms with E-state index in [0.717, 1.165) is 18.2 Å². The third-order valence-corrected chi connectivity index (χ3v) is 2.65. The van der Waals surface area contributed by atoms with E-state index in [-0.39, 0.29) is 11.5 Å². The normalized spacial score (nSPS) is 10.5. The monoisotopic (exact) mass is 320 g/mol. The summed E-state index contributed by atoms with van der Waals surface area (Å²) in [5.74, 6) is -2.34. The Kier molecular flexibility index (Phi) is 5.27. The summed E-state index contributed by atoms with van der Waals surface area (Å²) in [6, 6.07) is 11.7. The van der Waals surface area contributed by atoms with Crippen LogP contribution in [0.3, 0.4) is 0 Å². The maximum Gasteiger partial charge on any atom is 0.336 e. The minimum Gasteiger partial charge on any atom is -0.423 e. The van der Waals surface area contributed by atoms with Crippen molar-refractivity contribution in [2.45, 2.75) is 0 Å². The van der Waals surface area contributed by atoms with Crippen LogP contribution < -0.4 is 9.47 Å². The Balaban J connectivity index is 1.92. The van der Waals surface area contributed by atoms with Crippen LogP contribution >= 0.6 is 11.6 Å². The Labute approximate surface area is 130 Å². The van der Waals surface area contributed by atoms with Crippen LogP contribution in [0.15, 0.2) is 60.7 Å². The first kappa shape index (κ1) is 15.7. The fourth-order valence-corrected chi connectivity index (χ4v) is 1.67. The number of esters is 2. The first-order valence-electron chi connectivity index (χ1n) is 6.16. The fraction of sp³-hybridized carbons (Fsp3) is 0. The lowest BCUT2D eigenvalue weighted by molar-refractivity contribution is -0.131. The summed E-state index contributed by atoms with van der Waals surface area (Å²) in [5.41, 5.74) is 0. The smallest absolute Gasteiger partial charge is 0.336 e. The summed E-state index contributed by atoms with van der Waals surface area (Å²) in [7, 11) is 0. The van der Waals surface area contributed by atoms with Crippen molar-refractivity contribution >= 4 is 23.5 Å². The lowest BCUT2D eigenvalue weighted by Gasteiger charge is -2.02. The van der Waals surface area contributed by atoms with Gasteiger partial charge in [-0.25, -0.2) is 14.0 Å². The molecule has 2 rings (SSSR count).